The molecule has 2 amide bonds. The van der Waals surface area contributed by atoms with Crippen LogP contribution in [0.1, 0.15) is 44.9 Å². The van der Waals surface area contributed by atoms with E-state index in [2.05, 4.69) is 5.32 Å². The molecular weight excluding hydrogens is 436 g/mol. The van der Waals surface area contributed by atoms with Crippen LogP contribution >= 0.6 is 0 Å². The van der Waals surface area contributed by atoms with Gasteiger partial charge in [-0.1, -0.05) is 0 Å². The summed E-state index contributed by atoms with van der Waals surface area (Å²) in [4.78, 5) is 15.4. The Labute approximate surface area is 196 Å². The van der Waals surface area contributed by atoms with Gasteiger partial charge in [-0.3, -0.25) is 0 Å². The van der Waals surface area contributed by atoms with Crippen molar-refractivity contribution in [1.82, 2.24) is 19.1 Å². The number of hydrogen-bond donors (Lipinski definition) is 1. The lowest BCUT2D eigenvalue weighted by atomic mass is 9.53. The van der Waals surface area contributed by atoms with Crippen LogP contribution < -0.4 is 5.32 Å². The van der Waals surface area contributed by atoms with Gasteiger partial charge in [0, 0.05) is 55.9 Å². The van der Waals surface area contributed by atoms with Crippen molar-refractivity contribution >= 4 is 27.0 Å². The van der Waals surface area contributed by atoms with Crippen LogP contribution in [-0.2, 0) is 17.1 Å². The van der Waals surface area contributed by atoms with E-state index in [0.717, 1.165) is 47.9 Å². The predicted octanol–water partition coefficient (Wildman–Crippen LogP) is 3.55. The van der Waals surface area contributed by atoms with Gasteiger partial charge < -0.3 is 14.8 Å². The number of fused-ring (bicyclic) bond motifs is 1. The molecule has 5 fully saturated rings. The van der Waals surface area contributed by atoms with E-state index in [9.17, 15) is 13.2 Å². The summed E-state index contributed by atoms with van der Waals surface area (Å²) in [5, 5.41) is 4.37. The molecule has 1 N–H and O–H groups in total. The average Bonchev–Trinajstić information content (AvgIpc) is 2.96. The Bertz CT molecular complexity index is 1150. The van der Waals surface area contributed by atoms with Gasteiger partial charge in [-0.15, -0.1) is 0 Å². The topological polar surface area (TPSA) is 74.7 Å². The molecule has 5 aliphatic rings. The van der Waals surface area contributed by atoms with Crippen LogP contribution in [0.25, 0.3) is 10.9 Å². The standard InChI is InChI=1S/C25H34N4O3S/c1-27-8-5-21-14-22(3-4-23(21)27)33(31,32)29-7-2-6-28(9-10-29)24(30)26-25-15-18-11-19(16-25)13-20(12-18)17-25/h3-5,8,14,18-20H,2,6-7,9-13,15-17H2,1H3,(H,26,30). The second kappa shape index (κ2) is 7.73. The third-order valence-corrected chi connectivity index (χ3v) is 10.5. The summed E-state index contributed by atoms with van der Waals surface area (Å²) < 4.78 is 30.3. The van der Waals surface area contributed by atoms with E-state index in [1.165, 1.54) is 19.3 Å². The minimum atomic E-state index is -3.59. The summed E-state index contributed by atoms with van der Waals surface area (Å²) in [5.41, 5.74) is 0.993. The maximum atomic E-state index is 13.4. The van der Waals surface area contributed by atoms with E-state index >= 15 is 0 Å². The van der Waals surface area contributed by atoms with Gasteiger partial charge in [-0.05, 0) is 87.0 Å². The van der Waals surface area contributed by atoms with Crippen molar-refractivity contribution in [1.29, 1.82) is 0 Å². The molecule has 2 aromatic rings. The van der Waals surface area contributed by atoms with Crippen LogP contribution in [0.5, 0.6) is 0 Å². The largest absolute Gasteiger partial charge is 0.351 e. The van der Waals surface area contributed by atoms with E-state index in [1.807, 2.05) is 34.8 Å². The molecule has 1 aromatic heterocycles. The molecule has 7 nitrogen and oxygen atoms in total. The first-order valence-electron chi connectivity index (χ1n) is 12.4. The van der Waals surface area contributed by atoms with Gasteiger partial charge in [0.15, 0.2) is 0 Å². The number of carbonyl (C=O) groups excluding carboxylic acids is 1. The van der Waals surface area contributed by atoms with Gasteiger partial charge in [-0.2, -0.15) is 4.31 Å². The smallest absolute Gasteiger partial charge is 0.317 e. The summed E-state index contributed by atoms with van der Waals surface area (Å²) in [7, 11) is -1.64. The first kappa shape index (κ1) is 21.5. The van der Waals surface area contributed by atoms with Gasteiger partial charge in [-0.25, -0.2) is 13.2 Å². The quantitative estimate of drug-likeness (QED) is 0.746. The number of nitrogens with zero attached hydrogens (tertiary/aromatic N) is 3. The molecule has 7 rings (SSSR count). The van der Waals surface area contributed by atoms with Gasteiger partial charge >= 0.3 is 6.03 Å². The third kappa shape index (κ3) is 3.75. The molecule has 0 unspecified atom stereocenters. The number of benzene rings is 1. The molecule has 8 heteroatoms. The second-order valence-corrected chi connectivity index (χ2v) is 13.0. The van der Waals surface area contributed by atoms with Crippen LogP contribution in [0.4, 0.5) is 4.79 Å². The van der Waals surface area contributed by atoms with E-state index < -0.39 is 10.0 Å². The number of aryl methyl sites for hydroxylation is 1. The summed E-state index contributed by atoms with van der Waals surface area (Å²) in [5.74, 6) is 2.34. The van der Waals surface area contributed by atoms with Crippen molar-refractivity contribution in [3.05, 3.63) is 30.5 Å². The molecule has 4 bridgehead atoms. The Morgan fingerprint density at radius 3 is 2.36 bits per heavy atom. The van der Waals surface area contributed by atoms with Crippen molar-refractivity contribution in [3.8, 4) is 0 Å². The molecule has 2 heterocycles. The summed E-state index contributed by atoms with van der Waals surface area (Å²) in [6.45, 7) is 1.81. The predicted molar refractivity (Wildman–Crippen MR) is 127 cm³/mol. The lowest BCUT2D eigenvalue weighted by Crippen LogP contribution is -2.62. The van der Waals surface area contributed by atoms with E-state index in [0.29, 0.717) is 37.5 Å². The van der Waals surface area contributed by atoms with E-state index in [-0.39, 0.29) is 11.6 Å². The Kier molecular flexibility index (Phi) is 5.03. The lowest BCUT2D eigenvalue weighted by molar-refractivity contribution is -0.0156. The molecule has 4 saturated carbocycles. The molecule has 4 aliphatic carbocycles. The maximum absolute atomic E-state index is 13.4. The molecule has 0 atom stereocenters. The Morgan fingerprint density at radius 2 is 1.67 bits per heavy atom. The van der Waals surface area contributed by atoms with Crippen molar-refractivity contribution < 1.29 is 13.2 Å². The molecule has 1 saturated heterocycles. The van der Waals surface area contributed by atoms with Crippen LogP contribution in [0, 0.1) is 17.8 Å². The van der Waals surface area contributed by atoms with Crippen LogP contribution in [0.2, 0.25) is 0 Å². The zero-order chi connectivity index (χ0) is 22.8. The van der Waals surface area contributed by atoms with Crippen molar-refractivity contribution in [2.45, 2.75) is 55.4 Å². The summed E-state index contributed by atoms with van der Waals surface area (Å²) >= 11 is 0. The van der Waals surface area contributed by atoms with Crippen molar-refractivity contribution in [3.63, 3.8) is 0 Å². The molecule has 0 radical (unpaired) electrons. The molecule has 178 valence electrons. The van der Waals surface area contributed by atoms with Crippen molar-refractivity contribution in [2.75, 3.05) is 26.2 Å². The minimum absolute atomic E-state index is 0.00176. The minimum Gasteiger partial charge on any atom is -0.351 e. The number of rotatable bonds is 3. The van der Waals surface area contributed by atoms with E-state index in [4.69, 9.17) is 0 Å². The highest BCUT2D eigenvalue weighted by molar-refractivity contribution is 7.89. The number of sulfonamides is 1. The molecular formula is C25H34N4O3S. The molecule has 0 spiro atoms. The Balaban J connectivity index is 1.14. The lowest BCUT2D eigenvalue weighted by Gasteiger charge is -2.57. The van der Waals surface area contributed by atoms with Crippen LogP contribution in [-0.4, -0.2) is 59.9 Å². The molecule has 33 heavy (non-hydrogen) atoms. The van der Waals surface area contributed by atoms with Crippen LogP contribution in [0.15, 0.2) is 35.4 Å². The average molecular weight is 471 g/mol. The van der Waals surface area contributed by atoms with Crippen LogP contribution in [0.3, 0.4) is 0 Å². The number of aromatic nitrogens is 1. The zero-order valence-electron chi connectivity index (χ0n) is 19.4. The van der Waals surface area contributed by atoms with Gasteiger partial charge in [0.25, 0.3) is 0 Å². The molecule has 1 aromatic carbocycles. The number of hydrogen-bond acceptors (Lipinski definition) is 3. The number of nitrogens with one attached hydrogen (secondary N) is 1. The highest BCUT2D eigenvalue weighted by atomic mass is 32.2. The van der Waals surface area contributed by atoms with Gasteiger partial charge in [0.05, 0.1) is 4.90 Å². The Morgan fingerprint density at radius 1 is 0.970 bits per heavy atom. The monoisotopic (exact) mass is 470 g/mol. The first-order chi connectivity index (χ1) is 15.8. The zero-order valence-corrected chi connectivity index (χ0v) is 20.2. The fourth-order valence-electron chi connectivity index (χ4n) is 7.48. The summed E-state index contributed by atoms with van der Waals surface area (Å²) in [6, 6.07) is 7.26. The SMILES string of the molecule is Cn1ccc2cc(S(=O)(=O)N3CCCN(C(=O)NC45CC6CC(CC(C6)C4)C5)CC3)ccc21. The Hall–Kier alpha value is -2.06. The van der Waals surface area contributed by atoms with Gasteiger partial charge in [0.1, 0.15) is 0 Å². The fourth-order valence-corrected chi connectivity index (χ4v) is 8.98. The summed E-state index contributed by atoms with van der Waals surface area (Å²) in [6.07, 6.45) is 10.0. The van der Waals surface area contributed by atoms with E-state index in [1.54, 1.807) is 16.4 Å². The third-order valence-electron chi connectivity index (χ3n) is 8.65. The molecule has 1 aliphatic heterocycles. The highest BCUT2D eigenvalue weighted by Crippen LogP contribution is 2.55. The number of amides is 2. The van der Waals surface area contributed by atoms with Crippen molar-refractivity contribution in [2.24, 2.45) is 24.8 Å². The van der Waals surface area contributed by atoms with Gasteiger partial charge in [0.2, 0.25) is 10.0 Å². The first-order valence-corrected chi connectivity index (χ1v) is 13.9. The number of urea groups is 1. The fraction of sp³-hybridized carbons (Fsp3) is 0.640. The normalized spacial score (nSPS) is 32.3. The number of carbonyl (C=O) groups is 1. The highest BCUT2D eigenvalue weighted by Gasteiger charge is 2.51. The second-order valence-electron chi connectivity index (χ2n) is 11.0. The maximum Gasteiger partial charge on any atom is 0.317 e.